The number of amides is 2. The van der Waals surface area contributed by atoms with Gasteiger partial charge in [-0.15, -0.1) is 0 Å². The summed E-state index contributed by atoms with van der Waals surface area (Å²) < 4.78 is 4.98. The van der Waals surface area contributed by atoms with Crippen LogP contribution in [-0.4, -0.2) is 69.8 Å². The van der Waals surface area contributed by atoms with Gasteiger partial charge in [-0.2, -0.15) is 0 Å². The first-order chi connectivity index (χ1) is 9.63. The number of methoxy groups -OCH3 is 1. The molecule has 0 heterocycles. The highest BCUT2D eigenvalue weighted by molar-refractivity contribution is 5.74. The Balaban J connectivity index is 2.42. The summed E-state index contributed by atoms with van der Waals surface area (Å²) in [4.78, 5) is 16.3. The average Bonchev–Trinajstić information content (AvgIpc) is 2.44. The fourth-order valence-corrected chi connectivity index (χ4v) is 2.65. The van der Waals surface area contributed by atoms with Crippen LogP contribution in [0, 0.1) is 5.92 Å². The molecule has 2 amide bonds. The van der Waals surface area contributed by atoms with E-state index in [1.807, 2.05) is 19.0 Å². The summed E-state index contributed by atoms with van der Waals surface area (Å²) in [6.45, 7) is 3.74. The lowest BCUT2D eigenvalue weighted by Crippen LogP contribution is -2.46. The second-order valence-corrected chi connectivity index (χ2v) is 5.98. The molecule has 20 heavy (non-hydrogen) atoms. The van der Waals surface area contributed by atoms with Crippen LogP contribution in [0.5, 0.6) is 0 Å². The van der Waals surface area contributed by atoms with Gasteiger partial charge >= 0.3 is 6.03 Å². The molecule has 118 valence electrons. The molecule has 5 nitrogen and oxygen atoms in total. The van der Waals surface area contributed by atoms with Crippen LogP contribution in [0.3, 0.4) is 0 Å². The minimum atomic E-state index is 0.0504. The number of hydrogen-bond acceptors (Lipinski definition) is 3. The molecule has 0 saturated heterocycles. The van der Waals surface area contributed by atoms with Crippen molar-refractivity contribution in [2.45, 2.75) is 32.1 Å². The van der Waals surface area contributed by atoms with Crippen LogP contribution in [0.2, 0.25) is 0 Å². The zero-order valence-electron chi connectivity index (χ0n) is 13.4. The van der Waals surface area contributed by atoms with E-state index in [2.05, 4.69) is 10.2 Å². The first-order valence-electron chi connectivity index (χ1n) is 7.80. The van der Waals surface area contributed by atoms with Gasteiger partial charge in [0.2, 0.25) is 0 Å². The van der Waals surface area contributed by atoms with E-state index >= 15 is 0 Å². The topological polar surface area (TPSA) is 44.8 Å². The molecule has 1 saturated carbocycles. The lowest BCUT2D eigenvalue weighted by Gasteiger charge is -2.30. The molecule has 1 N–H and O–H groups in total. The molecule has 0 unspecified atom stereocenters. The largest absolute Gasteiger partial charge is 0.383 e. The number of urea groups is 1. The predicted molar refractivity (Wildman–Crippen MR) is 82.0 cm³/mol. The van der Waals surface area contributed by atoms with E-state index in [0.717, 1.165) is 19.6 Å². The van der Waals surface area contributed by atoms with Crippen molar-refractivity contribution in [3.63, 3.8) is 0 Å². The van der Waals surface area contributed by atoms with Crippen LogP contribution in [0.1, 0.15) is 32.1 Å². The van der Waals surface area contributed by atoms with Crippen molar-refractivity contribution >= 4 is 6.03 Å². The first kappa shape index (κ1) is 17.2. The van der Waals surface area contributed by atoms with Crippen molar-refractivity contribution in [2.75, 3.05) is 54.0 Å². The van der Waals surface area contributed by atoms with Gasteiger partial charge in [-0.05, 0) is 32.9 Å². The van der Waals surface area contributed by atoms with Crippen molar-refractivity contribution in [1.29, 1.82) is 0 Å². The van der Waals surface area contributed by atoms with E-state index < -0.39 is 0 Å². The van der Waals surface area contributed by atoms with Crippen LogP contribution in [0.4, 0.5) is 4.79 Å². The number of nitrogens with zero attached hydrogens (tertiary/aromatic N) is 2. The Morgan fingerprint density at radius 2 is 1.90 bits per heavy atom. The second-order valence-electron chi connectivity index (χ2n) is 5.98. The van der Waals surface area contributed by atoms with Crippen molar-refractivity contribution in [1.82, 2.24) is 15.1 Å². The van der Waals surface area contributed by atoms with Gasteiger partial charge < -0.3 is 19.9 Å². The number of carbonyl (C=O) groups is 1. The summed E-state index contributed by atoms with van der Waals surface area (Å²) >= 11 is 0. The quantitative estimate of drug-likeness (QED) is 0.692. The molecule has 0 atom stereocenters. The zero-order chi connectivity index (χ0) is 14.8. The standard InChI is InChI=1S/C15H31N3O2/c1-17(2)10-11-18(15(19)16-9-12-20-3)13-14-7-5-4-6-8-14/h14H,4-13H2,1-3H3,(H,16,19). The van der Waals surface area contributed by atoms with Crippen molar-refractivity contribution in [2.24, 2.45) is 5.92 Å². The van der Waals surface area contributed by atoms with E-state index in [-0.39, 0.29) is 6.03 Å². The molecule has 1 fully saturated rings. The molecule has 1 rings (SSSR count). The second kappa shape index (κ2) is 10.00. The number of carbonyl (C=O) groups excluding carboxylic acids is 1. The van der Waals surface area contributed by atoms with E-state index in [9.17, 15) is 4.79 Å². The summed E-state index contributed by atoms with van der Waals surface area (Å²) in [6, 6.07) is 0.0504. The Morgan fingerprint density at radius 1 is 1.20 bits per heavy atom. The minimum absolute atomic E-state index is 0.0504. The Morgan fingerprint density at radius 3 is 2.50 bits per heavy atom. The monoisotopic (exact) mass is 285 g/mol. The molecule has 0 radical (unpaired) electrons. The van der Waals surface area contributed by atoms with Gasteiger partial charge in [0, 0.05) is 33.3 Å². The predicted octanol–water partition coefficient (Wildman–Crippen LogP) is 1.79. The van der Waals surface area contributed by atoms with Crippen LogP contribution in [0.15, 0.2) is 0 Å². The van der Waals surface area contributed by atoms with Gasteiger partial charge in [0.1, 0.15) is 0 Å². The summed E-state index contributed by atoms with van der Waals surface area (Å²) in [5, 5.41) is 2.94. The summed E-state index contributed by atoms with van der Waals surface area (Å²) in [5.74, 6) is 0.680. The Bertz CT molecular complexity index is 266. The number of ether oxygens (including phenoxy) is 1. The Labute approximate surface area is 123 Å². The van der Waals surface area contributed by atoms with Crippen LogP contribution in [0.25, 0.3) is 0 Å². The normalized spacial score (nSPS) is 16.4. The van der Waals surface area contributed by atoms with Gasteiger partial charge in [0.15, 0.2) is 0 Å². The molecule has 1 aliphatic rings. The Hall–Kier alpha value is -0.810. The molecular formula is C15H31N3O2. The van der Waals surface area contributed by atoms with Crippen LogP contribution >= 0.6 is 0 Å². The molecule has 0 spiro atoms. The SMILES string of the molecule is COCCNC(=O)N(CCN(C)C)CC1CCCCC1. The van der Waals surface area contributed by atoms with Crippen LogP contribution < -0.4 is 5.32 Å². The van der Waals surface area contributed by atoms with Crippen LogP contribution in [-0.2, 0) is 4.74 Å². The third-order valence-corrected chi connectivity index (χ3v) is 3.89. The summed E-state index contributed by atoms with van der Waals surface area (Å²) in [5.41, 5.74) is 0. The van der Waals surface area contributed by atoms with E-state index in [4.69, 9.17) is 4.74 Å². The third-order valence-electron chi connectivity index (χ3n) is 3.89. The number of nitrogens with one attached hydrogen (secondary N) is 1. The smallest absolute Gasteiger partial charge is 0.317 e. The van der Waals surface area contributed by atoms with Gasteiger partial charge in [0.05, 0.1) is 6.61 Å². The molecule has 5 heteroatoms. The van der Waals surface area contributed by atoms with Gasteiger partial charge in [0.25, 0.3) is 0 Å². The lowest BCUT2D eigenvalue weighted by molar-refractivity contribution is 0.162. The fourth-order valence-electron chi connectivity index (χ4n) is 2.65. The first-order valence-corrected chi connectivity index (χ1v) is 7.80. The van der Waals surface area contributed by atoms with E-state index in [1.165, 1.54) is 32.1 Å². The highest BCUT2D eigenvalue weighted by atomic mass is 16.5. The van der Waals surface area contributed by atoms with Crippen molar-refractivity contribution in [3.8, 4) is 0 Å². The highest BCUT2D eigenvalue weighted by Gasteiger charge is 2.20. The molecule has 1 aliphatic carbocycles. The average molecular weight is 285 g/mol. The maximum atomic E-state index is 12.2. The number of hydrogen-bond donors (Lipinski definition) is 1. The molecular weight excluding hydrogens is 254 g/mol. The number of rotatable bonds is 8. The molecule has 0 aromatic heterocycles. The molecule has 0 bridgehead atoms. The lowest BCUT2D eigenvalue weighted by atomic mass is 9.89. The van der Waals surface area contributed by atoms with Gasteiger partial charge in [-0.25, -0.2) is 4.79 Å². The highest BCUT2D eigenvalue weighted by Crippen LogP contribution is 2.24. The third kappa shape index (κ3) is 7.10. The maximum Gasteiger partial charge on any atom is 0.317 e. The molecule has 0 aliphatic heterocycles. The zero-order valence-corrected chi connectivity index (χ0v) is 13.4. The van der Waals surface area contributed by atoms with E-state index in [0.29, 0.717) is 19.1 Å². The Kier molecular flexibility index (Phi) is 8.62. The minimum Gasteiger partial charge on any atom is -0.383 e. The van der Waals surface area contributed by atoms with E-state index in [1.54, 1.807) is 7.11 Å². The summed E-state index contributed by atoms with van der Waals surface area (Å²) in [7, 11) is 5.74. The maximum absolute atomic E-state index is 12.2. The van der Waals surface area contributed by atoms with Crippen molar-refractivity contribution < 1.29 is 9.53 Å². The summed E-state index contributed by atoms with van der Waals surface area (Å²) in [6.07, 6.45) is 6.52. The van der Waals surface area contributed by atoms with Gasteiger partial charge in [-0.3, -0.25) is 0 Å². The number of likely N-dealkylation sites (N-methyl/N-ethyl adjacent to an activating group) is 1. The molecule has 0 aromatic carbocycles. The fraction of sp³-hybridized carbons (Fsp3) is 0.933. The molecule has 0 aromatic rings. The van der Waals surface area contributed by atoms with Crippen molar-refractivity contribution in [3.05, 3.63) is 0 Å². The van der Waals surface area contributed by atoms with Gasteiger partial charge in [-0.1, -0.05) is 19.3 Å².